The van der Waals surface area contributed by atoms with E-state index in [1.807, 2.05) is 0 Å². The second kappa shape index (κ2) is 5.41. The van der Waals surface area contributed by atoms with Crippen LogP contribution in [-0.2, 0) is 0 Å². The monoisotopic (exact) mass is 230 g/mol. The molecule has 0 atom stereocenters. The maximum absolute atomic E-state index is 12.6. The van der Waals surface area contributed by atoms with Gasteiger partial charge in [0.15, 0.2) is 6.29 Å². The topological polar surface area (TPSA) is 17.1 Å². The molecule has 0 aromatic heterocycles. The molecule has 0 spiro atoms. The molecule has 1 aromatic carbocycles. The fourth-order valence-corrected chi connectivity index (χ4v) is 0.856. The maximum Gasteiger partial charge on any atom is 1.00 e. The van der Waals surface area contributed by atoms with Crippen molar-refractivity contribution in [3.8, 4) is 0 Å². The molecule has 1 rings (SSSR count). The molecule has 0 radical (unpaired) electrons. The number of benzene rings is 1. The smallest absolute Gasteiger partial charge is 0.445 e. The molecule has 0 heterocycles. The standard InChI is InChI=1S/C7H4BF4O.K/c9-7-2-1-6(8(10,11)12)3-5(7)4-13;/h1-4H;/q-1;+1. The number of rotatable bonds is 2. The van der Waals surface area contributed by atoms with Gasteiger partial charge < -0.3 is 12.9 Å². The van der Waals surface area contributed by atoms with Crippen molar-refractivity contribution in [3.63, 3.8) is 0 Å². The van der Waals surface area contributed by atoms with Gasteiger partial charge in [0.1, 0.15) is 5.82 Å². The third-order valence-electron chi connectivity index (χ3n) is 1.52. The zero-order valence-electron chi connectivity index (χ0n) is 7.31. The van der Waals surface area contributed by atoms with Crippen molar-refractivity contribution in [2.75, 3.05) is 0 Å². The number of carbonyl (C=O) groups is 1. The van der Waals surface area contributed by atoms with Crippen LogP contribution in [-0.4, -0.2) is 13.3 Å². The molecule has 0 aliphatic heterocycles. The minimum Gasteiger partial charge on any atom is -0.445 e. The molecule has 0 aliphatic rings. The summed E-state index contributed by atoms with van der Waals surface area (Å²) in [5.74, 6) is -0.946. The van der Waals surface area contributed by atoms with E-state index in [-0.39, 0.29) is 57.7 Å². The van der Waals surface area contributed by atoms with Gasteiger partial charge in [-0.05, 0) is 6.07 Å². The Balaban J connectivity index is 0.00000169. The Hall–Kier alpha value is 0.311. The van der Waals surface area contributed by atoms with Crippen molar-refractivity contribution >= 4 is 18.7 Å². The Morgan fingerprint density at radius 3 is 2.21 bits per heavy atom. The molecular weight excluding hydrogens is 226 g/mol. The number of halogens is 4. The SMILES string of the molecule is O=Cc1cc([B-](F)(F)F)ccc1F.[K+]. The van der Waals surface area contributed by atoms with Gasteiger partial charge in [-0.2, -0.15) is 0 Å². The summed E-state index contributed by atoms with van der Waals surface area (Å²) in [7, 11) is 0. The van der Waals surface area contributed by atoms with E-state index in [1.165, 1.54) is 0 Å². The van der Waals surface area contributed by atoms with E-state index in [0.717, 1.165) is 0 Å². The van der Waals surface area contributed by atoms with Crippen molar-refractivity contribution in [2.45, 2.75) is 0 Å². The molecule has 1 aromatic rings. The largest absolute Gasteiger partial charge is 1.00 e. The molecule has 0 fully saturated rings. The Morgan fingerprint density at radius 2 is 1.79 bits per heavy atom. The van der Waals surface area contributed by atoms with Gasteiger partial charge in [0, 0.05) is 5.56 Å². The summed E-state index contributed by atoms with van der Waals surface area (Å²) in [6.45, 7) is -5.17. The second-order valence-electron chi connectivity index (χ2n) is 2.47. The Bertz CT molecular complexity index is 339. The number of carbonyl (C=O) groups excluding carboxylic acids is 1. The Morgan fingerprint density at radius 1 is 1.21 bits per heavy atom. The summed E-state index contributed by atoms with van der Waals surface area (Å²) in [6, 6.07) is 1.75. The van der Waals surface area contributed by atoms with Crippen molar-refractivity contribution in [2.24, 2.45) is 0 Å². The van der Waals surface area contributed by atoms with Gasteiger partial charge >= 0.3 is 58.4 Å². The van der Waals surface area contributed by atoms with E-state index >= 15 is 0 Å². The first kappa shape index (κ1) is 14.3. The third kappa shape index (κ3) is 3.47. The fourth-order valence-electron chi connectivity index (χ4n) is 0.856. The van der Waals surface area contributed by atoms with Gasteiger partial charge in [0.25, 0.3) is 0 Å². The minimum atomic E-state index is -5.17. The van der Waals surface area contributed by atoms with Crippen LogP contribution in [0.1, 0.15) is 10.4 Å². The van der Waals surface area contributed by atoms with Gasteiger partial charge in [-0.15, -0.1) is 5.46 Å². The molecule has 7 heteroatoms. The molecule has 70 valence electrons. The molecule has 0 amide bonds. The molecule has 0 saturated heterocycles. The van der Waals surface area contributed by atoms with Crippen LogP contribution in [0.15, 0.2) is 18.2 Å². The molecule has 0 aliphatic carbocycles. The number of aldehydes is 1. The van der Waals surface area contributed by atoms with Crippen LogP contribution >= 0.6 is 0 Å². The van der Waals surface area contributed by atoms with E-state index in [0.29, 0.717) is 18.2 Å². The predicted molar refractivity (Wildman–Crippen MR) is 40.5 cm³/mol. The molecule has 14 heavy (non-hydrogen) atoms. The molecule has 0 N–H and O–H groups in total. The summed E-state index contributed by atoms with van der Waals surface area (Å²) in [4.78, 5) is 10.1. The van der Waals surface area contributed by atoms with Crippen molar-refractivity contribution in [3.05, 3.63) is 29.6 Å². The van der Waals surface area contributed by atoms with Gasteiger partial charge in [-0.25, -0.2) is 4.39 Å². The first-order valence-electron chi connectivity index (χ1n) is 3.39. The summed E-state index contributed by atoms with van der Waals surface area (Å²) >= 11 is 0. The summed E-state index contributed by atoms with van der Waals surface area (Å²) in [5.41, 5.74) is -1.54. The predicted octanol–water partition coefficient (Wildman–Crippen LogP) is -1.30. The average molecular weight is 230 g/mol. The Labute approximate surface area is 120 Å². The second-order valence-corrected chi connectivity index (χ2v) is 2.47. The number of hydrogen-bond acceptors (Lipinski definition) is 1. The quantitative estimate of drug-likeness (QED) is 0.350. The minimum absolute atomic E-state index is 0. The van der Waals surface area contributed by atoms with Gasteiger partial charge in [0.05, 0.1) is 0 Å². The van der Waals surface area contributed by atoms with Crippen LogP contribution in [0.3, 0.4) is 0 Å². The molecule has 0 unspecified atom stereocenters. The van der Waals surface area contributed by atoms with E-state index in [9.17, 15) is 22.1 Å². The van der Waals surface area contributed by atoms with E-state index in [1.54, 1.807) is 0 Å². The first-order valence-corrected chi connectivity index (χ1v) is 3.39. The third-order valence-corrected chi connectivity index (χ3v) is 1.52. The van der Waals surface area contributed by atoms with Crippen LogP contribution < -0.4 is 56.8 Å². The van der Waals surface area contributed by atoms with E-state index in [2.05, 4.69) is 0 Å². The summed E-state index contributed by atoms with van der Waals surface area (Å²) in [5, 5.41) is 0. The van der Waals surface area contributed by atoms with Gasteiger partial charge in [0.2, 0.25) is 0 Å². The number of hydrogen-bond donors (Lipinski definition) is 0. The van der Waals surface area contributed by atoms with Crippen LogP contribution in [0.5, 0.6) is 0 Å². The van der Waals surface area contributed by atoms with Crippen LogP contribution in [0.25, 0.3) is 0 Å². The molecule has 0 saturated carbocycles. The maximum atomic E-state index is 12.6. The molecule has 0 bridgehead atoms. The Kier molecular flexibility index (Phi) is 5.53. The van der Waals surface area contributed by atoms with Gasteiger partial charge in [-0.1, -0.05) is 12.1 Å². The zero-order chi connectivity index (χ0) is 10.1. The van der Waals surface area contributed by atoms with Crippen LogP contribution in [0.4, 0.5) is 17.3 Å². The van der Waals surface area contributed by atoms with Crippen LogP contribution in [0, 0.1) is 5.82 Å². The van der Waals surface area contributed by atoms with E-state index in [4.69, 9.17) is 0 Å². The average Bonchev–Trinajstić information content (AvgIpc) is 2.03. The summed E-state index contributed by atoms with van der Waals surface area (Å²) in [6.07, 6.45) is 0.0562. The van der Waals surface area contributed by atoms with E-state index < -0.39 is 23.8 Å². The zero-order valence-corrected chi connectivity index (χ0v) is 10.4. The van der Waals surface area contributed by atoms with Crippen molar-refractivity contribution < 1.29 is 73.5 Å². The van der Waals surface area contributed by atoms with Crippen molar-refractivity contribution in [1.29, 1.82) is 0 Å². The van der Waals surface area contributed by atoms with Crippen molar-refractivity contribution in [1.82, 2.24) is 0 Å². The first-order chi connectivity index (χ1) is 5.95. The molecular formula is C7H4BF4KO. The molecule has 1 nitrogen and oxygen atoms in total. The fraction of sp³-hybridized carbons (Fsp3) is 0. The summed E-state index contributed by atoms with van der Waals surface area (Å²) < 4.78 is 48.7. The normalized spacial score (nSPS) is 10.6. The van der Waals surface area contributed by atoms with Crippen LogP contribution in [0.2, 0.25) is 0 Å². The van der Waals surface area contributed by atoms with Gasteiger partial charge in [-0.3, -0.25) is 4.79 Å².